The lowest BCUT2D eigenvalue weighted by atomic mass is 9.73. The van der Waals surface area contributed by atoms with E-state index in [1.807, 2.05) is 24.3 Å². The number of amides is 1. The maximum Gasteiger partial charge on any atom is 0.231 e. The van der Waals surface area contributed by atoms with Gasteiger partial charge in [0.1, 0.15) is 0 Å². The van der Waals surface area contributed by atoms with Crippen molar-refractivity contribution in [2.75, 3.05) is 27.4 Å². The number of hydrogen-bond donors (Lipinski definition) is 1. The van der Waals surface area contributed by atoms with Gasteiger partial charge >= 0.3 is 0 Å². The summed E-state index contributed by atoms with van der Waals surface area (Å²) in [5.74, 6) is 1.18. The smallest absolute Gasteiger partial charge is 0.231 e. The molecule has 28 heavy (non-hydrogen) atoms. The maximum absolute atomic E-state index is 13.3. The molecule has 3 rings (SSSR count). The van der Waals surface area contributed by atoms with Gasteiger partial charge in [0, 0.05) is 19.8 Å². The molecule has 1 fully saturated rings. The third-order valence-corrected chi connectivity index (χ3v) is 5.89. The molecular weight excluding hydrogens is 401 g/mol. The van der Waals surface area contributed by atoms with E-state index in [1.54, 1.807) is 26.4 Å². The second kappa shape index (κ2) is 9.03. The molecule has 0 aromatic heterocycles. The molecule has 0 atom stereocenters. The third-order valence-electron chi connectivity index (χ3n) is 5.15. The summed E-state index contributed by atoms with van der Waals surface area (Å²) >= 11 is 12.0. The highest BCUT2D eigenvalue weighted by Crippen LogP contribution is 2.39. The Kier molecular flexibility index (Phi) is 6.70. The van der Waals surface area contributed by atoms with Crippen LogP contribution in [0.5, 0.6) is 11.5 Å². The summed E-state index contributed by atoms with van der Waals surface area (Å²) in [7, 11) is 3.17. The fourth-order valence-corrected chi connectivity index (χ4v) is 3.82. The Morgan fingerprint density at radius 3 is 2.39 bits per heavy atom. The standard InChI is InChI=1S/C21H23Cl2NO4/c1-26-18-6-4-15(12-19(18)27-2)21(7-9-28-10-8-21)20(25)24-13-14-3-5-16(22)17(23)11-14/h3-6,11-12H,7-10,13H2,1-2H3,(H,24,25). The molecule has 1 amide bonds. The predicted octanol–water partition coefficient (Wildman–Crippen LogP) is 4.38. The maximum atomic E-state index is 13.3. The number of benzene rings is 2. The van der Waals surface area contributed by atoms with Crippen LogP contribution < -0.4 is 14.8 Å². The first-order valence-corrected chi connectivity index (χ1v) is 9.78. The Balaban J connectivity index is 1.86. The van der Waals surface area contributed by atoms with E-state index < -0.39 is 5.41 Å². The van der Waals surface area contributed by atoms with Crippen LogP contribution in [0.1, 0.15) is 24.0 Å². The Hall–Kier alpha value is -1.95. The van der Waals surface area contributed by atoms with Crippen LogP contribution >= 0.6 is 23.2 Å². The molecule has 0 radical (unpaired) electrons. The summed E-state index contributed by atoms with van der Waals surface area (Å²) in [6.45, 7) is 1.41. The minimum absolute atomic E-state index is 0.0471. The summed E-state index contributed by atoms with van der Waals surface area (Å²) in [4.78, 5) is 13.3. The topological polar surface area (TPSA) is 56.8 Å². The number of methoxy groups -OCH3 is 2. The van der Waals surface area contributed by atoms with Crippen molar-refractivity contribution in [1.29, 1.82) is 0 Å². The number of ether oxygens (including phenoxy) is 3. The van der Waals surface area contributed by atoms with Gasteiger partial charge in [-0.15, -0.1) is 0 Å². The van der Waals surface area contributed by atoms with E-state index in [2.05, 4.69) is 5.32 Å². The molecule has 150 valence electrons. The normalized spacial score (nSPS) is 15.7. The lowest BCUT2D eigenvalue weighted by molar-refractivity contribution is -0.130. The van der Waals surface area contributed by atoms with E-state index in [1.165, 1.54) is 0 Å². The van der Waals surface area contributed by atoms with Gasteiger partial charge in [0.05, 0.1) is 29.7 Å². The van der Waals surface area contributed by atoms with Crippen LogP contribution in [0.4, 0.5) is 0 Å². The van der Waals surface area contributed by atoms with Crippen molar-refractivity contribution < 1.29 is 19.0 Å². The molecule has 1 aliphatic heterocycles. The van der Waals surface area contributed by atoms with E-state index in [-0.39, 0.29) is 5.91 Å². The molecule has 2 aromatic rings. The van der Waals surface area contributed by atoms with Crippen LogP contribution in [0.25, 0.3) is 0 Å². The molecule has 1 aliphatic rings. The Morgan fingerprint density at radius 1 is 1.04 bits per heavy atom. The lowest BCUT2D eigenvalue weighted by Crippen LogP contribution is -2.47. The summed E-state index contributed by atoms with van der Waals surface area (Å²) in [6, 6.07) is 11.0. The van der Waals surface area contributed by atoms with Crippen molar-refractivity contribution in [1.82, 2.24) is 5.32 Å². The number of rotatable bonds is 6. The van der Waals surface area contributed by atoms with E-state index in [9.17, 15) is 4.79 Å². The van der Waals surface area contributed by atoms with Gasteiger partial charge in [-0.05, 0) is 48.2 Å². The van der Waals surface area contributed by atoms with Gasteiger partial charge in [-0.1, -0.05) is 35.3 Å². The Bertz CT molecular complexity index is 850. The molecule has 5 nitrogen and oxygen atoms in total. The number of carbonyl (C=O) groups excluding carboxylic acids is 1. The van der Waals surface area contributed by atoms with Crippen LogP contribution in [0, 0.1) is 0 Å². The molecule has 0 aliphatic carbocycles. The van der Waals surface area contributed by atoms with Crippen LogP contribution in [0.15, 0.2) is 36.4 Å². The molecule has 0 saturated carbocycles. The lowest BCUT2D eigenvalue weighted by Gasteiger charge is -2.36. The highest BCUT2D eigenvalue weighted by atomic mass is 35.5. The number of halogens is 2. The fourth-order valence-electron chi connectivity index (χ4n) is 3.50. The second-order valence-corrected chi connectivity index (χ2v) is 7.51. The van der Waals surface area contributed by atoms with Crippen LogP contribution in [0.2, 0.25) is 10.0 Å². The molecule has 1 saturated heterocycles. The van der Waals surface area contributed by atoms with Gasteiger partial charge in [-0.2, -0.15) is 0 Å². The molecule has 2 aromatic carbocycles. The van der Waals surface area contributed by atoms with E-state index >= 15 is 0 Å². The van der Waals surface area contributed by atoms with Crippen LogP contribution in [0.3, 0.4) is 0 Å². The van der Waals surface area contributed by atoms with Crippen molar-refractivity contribution in [2.24, 2.45) is 0 Å². The summed E-state index contributed by atoms with van der Waals surface area (Å²) in [6.07, 6.45) is 1.19. The largest absolute Gasteiger partial charge is 0.493 e. The van der Waals surface area contributed by atoms with E-state index in [0.29, 0.717) is 54.1 Å². The summed E-state index contributed by atoms with van der Waals surface area (Å²) in [5.41, 5.74) is 1.09. The first-order valence-electron chi connectivity index (χ1n) is 9.02. The second-order valence-electron chi connectivity index (χ2n) is 6.70. The average molecular weight is 424 g/mol. The zero-order chi connectivity index (χ0) is 20.1. The van der Waals surface area contributed by atoms with E-state index in [4.69, 9.17) is 37.4 Å². The van der Waals surface area contributed by atoms with Gasteiger partial charge in [-0.3, -0.25) is 4.79 Å². The molecular formula is C21H23Cl2NO4. The van der Waals surface area contributed by atoms with Gasteiger partial charge < -0.3 is 19.5 Å². The first kappa shape index (κ1) is 20.8. The van der Waals surface area contributed by atoms with Gasteiger partial charge in [0.2, 0.25) is 5.91 Å². The third kappa shape index (κ3) is 4.22. The average Bonchev–Trinajstić information content (AvgIpc) is 2.74. The SMILES string of the molecule is COc1ccc(C2(C(=O)NCc3ccc(Cl)c(Cl)c3)CCOCC2)cc1OC. The molecule has 1 heterocycles. The fraction of sp³-hybridized carbons (Fsp3) is 0.381. The number of carbonyl (C=O) groups is 1. The quantitative estimate of drug-likeness (QED) is 0.748. The molecule has 1 N–H and O–H groups in total. The van der Waals surface area contributed by atoms with Gasteiger partial charge in [-0.25, -0.2) is 0 Å². The van der Waals surface area contributed by atoms with Crippen LogP contribution in [-0.2, 0) is 21.5 Å². The van der Waals surface area contributed by atoms with Crippen molar-refractivity contribution in [3.63, 3.8) is 0 Å². The first-order chi connectivity index (χ1) is 13.5. The molecule has 7 heteroatoms. The van der Waals surface area contributed by atoms with Gasteiger partial charge in [0.15, 0.2) is 11.5 Å². The van der Waals surface area contributed by atoms with Crippen molar-refractivity contribution in [2.45, 2.75) is 24.8 Å². The highest BCUT2D eigenvalue weighted by Gasteiger charge is 2.42. The Labute approximate surface area is 174 Å². The zero-order valence-corrected chi connectivity index (χ0v) is 17.4. The summed E-state index contributed by atoms with van der Waals surface area (Å²) < 4.78 is 16.3. The number of hydrogen-bond acceptors (Lipinski definition) is 4. The monoisotopic (exact) mass is 423 g/mol. The summed E-state index contributed by atoms with van der Waals surface area (Å²) in [5, 5.41) is 4.01. The molecule has 0 spiro atoms. The minimum atomic E-state index is -0.686. The number of nitrogens with one attached hydrogen (secondary N) is 1. The van der Waals surface area contributed by atoms with Crippen molar-refractivity contribution >= 4 is 29.1 Å². The highest BCUT2D eigenvalue weighted by molar-refractivity contribution is 6.42. The predicted molar refractivity (Wildman–Crippen MR) is 110 cm³/mol. The van der Waals surface area contributed by atoms with E-state index in [0.717, 1.165) is 11.1 Å². The van der Waals surface area contributed by atoms with Crippen LogP contribution in [-0.4, -0.2) is 33.3 Å². The van der Waals surface area contributed by atoms with Crippen molar-refractivity contribution in [3.05, 3.63) is 57.6 Å². The van der Waals surface area contributed by atoms with Gasteiger partial charge in [0.25, 0.3) is 0 Å². The zero-order valence-electron chi connectivity index (χ0n) is 15.9. The minimum Gasteiger partial charge on any atom is -0.493 e. The molecule has 0 bridgehead atoms. The van der Waals surface area contributed by atoms with Crippen molar-refractivity contribution in [3.8, 4) is 11.5 Å². The molecule has 0 unspecified atom stereocenters. The Morgan fingerprint density at radius 2 is 1.75 bits per heavy atom.